The van der Waals surface area contributed by atoms with Crippen LogP contribution in [0.3, 0.4) is 0 Å². The summed E-state index contributed by atoms with van der Waals surface area (Å²) in [5.41, 5.74) is 2.53. The zero-order chi connectivity index (χ0) is 15.6. The molecule has 0 radical (unpaired) electrons. The van der Waals surface area contributed by atoms with Crippen LogP contribution in [-0.2, 0) is 10.0 Å². The van der Waals surface area contributed by atoms with Gasteiger partial charge in [-0.1, -0.05) is 23.7 Å². The monoisotopic (exact) mass is 341 g/mol. The number of hydrogen-bond donors (Lipinski definition) is 1. The molecule has 0 aliphatic heterocycles. The topological polar surface area (TPSA) is 46.2 Å². The summed E-state index contributed by atoms with van der Waals surface area (Å²) in [5.74, 6) is 0. The van der Waals surface area contributed by atoms with Gasteiger partial charge >= 0.3 is 0 Å². The van der Waals surface area contributed by atoms with Crippen LogP contribution < -0.4 is 4.72 Å². The van der Waals surface area contributed by atoms with Gasteiger partial charge in [0.1, 0.15) is 4.90 Å². The van der Waals surface area contributed by atoms with Crippen LogP contribution in [0.2, 0.25) is 5.02 Å². The van der Waals surface area contributed by atoms with Crippen LogP contribution in [0.25, 0.3) is 0 Å². The largest absolute Gasteiger partial charge is 0.279 e. The van der Waals surface area contributed by atoms with Gasteiger partial charge in [0.15, 0.2) is 0 Å². The highest BCUT2D eigenvalue weighted by molar-refractivity contribution is 7.99. The molecule has 21 heavy (non-hydrogen) atoms. The number of rotatable bonds is 4. The van der Waals surface area contributed by atoms with Crippen molar-refractivity contribution in [2.75, 3.05) is 11.0 Å². The minimum atomic E-state index is -3.67. The van der Waals surface area contributed by atoms with Crippen LogP contribution in [0.5, 0.6) is 0 Å². The quantitative estimate of drug-likeness (QED) is 0.834. The summed E-state index contributed by atoms with van der Waals surface area (Å²) < 4.78 is 27.9. The zero-order valence-corrected chi connectivity index (χ0v) is 14.4. The van der Waals surface area contributed by atoms with Gasteiger partial charge in [0.25, 0.3) is 10.0 Å². The minimum absolute atomic E-state index is 0.198. The number of halogens is 1. The summed E-state index contributed by atoms with van der Waals surface area (Å²) in [4.78, 5) is 0.862. The molecule has 0 aliphatic carbocycles. The van der Waals surface area contributed by atoms with E-state index in [0.717, 1.165) is 11.1 Å². The Balaban J connectivity index is 2.48. The van der Waals surface area contributed by atoms with Gasteiger partial charge in [-0.2, -0.15) is 0 Å². The molecule has 0 aliphatic rings. The molecule has 0 bridgehead atoms. The molecule has 0 unspecified atom stereocenters. The van der Waals surface area contributed by atoms with Crippen LogP contribution in [-0.4, -0.2) is 14.7 Å². The number of anilines is 1. The number of nitrogens with one attached hydrogen (secondary N) is 1. The van der Waals surface area contributed by atoms with E-state index in [0.29, 0.717) is 15.6 Å². The smallest absolute Gasteiger partial charge is 0.263 e. The molecule has 0 saturated heterocycles. The van der Waals surface area contributed by atoms with Crippen molar-refractivity contribution < 1.29 is 8.42 Å². The van der Waals surface area contributed by atoms with Crippen LogP contribution in [0.15, 0.2) is 46.2 Å². The Morgan fingerprint density at radius 3 is 2.52 bits per heavy atom. The molecular weight excluding hydrogens is 326 g/mol. The summed E-state index contributed by atoms with van der Waals surface area (Å²) in [5, 5.41) is 0.397. The van der Waals surface area contributed by atoms with Gasteiger partial charge in [0.05, 0.1) is 5.69 Å². The Labute approximate surface area is 134 Å². The van der Waals surface area contributed by atoms with Crippen molar-refractivity contribution in [1.82, 2.24) is 0 Å². The van der Waals surface area contributed by atoms with E-state index in [1.54, 1.807) is 18.2 Å². The standard InChI is InChI=1S/C15H16ClNO2S2/c1-10-5-4-6-13(11(10)2)17-21(18,19)15-9-12(16)7-8-14(15)20-3/h4-9,17H,1-3H3. The van der Waals surface area contributed by atoms with Crippen LogP contribution in [0, 0.1) is 13.8 Å². The fourth-order valence-corrected chi connectivity index (χ4v) is 4.44. The number of thioether (sulfide) groups is 1. The van der Waals surface area contributed by atoms with E-state index in [4.69, 9.17) is 11.6 Å². The van der Waals surface area contributed by atoms with Crippen molar-refractivity contribution in [3.63, 3.8) is 0 Å². The van der Waals surface area contributed by atoms with E-state index in [2.05, 4.69) is 4.72 Å². The molecule has 2 rings (SSSR count). The maximum absolute atomic E-state index is 12.6. The summed E-state index contributed by atoms with van der Waals surface area (Å²) in [7, 11) is -3.67. The second-order valence-corrected chi connectivity index (χ2v) is 7.58. The van der Waals surface area contributed by atoms with Gasteiger partial charge in [-0.15, -0.1) is 11.8 Å². The van der Waals surface area contributed by atoms with Crippen molar-refractivity contribution in [3.05, 3.63) is 52.5 Å². The van der Waals surface area contributed by atoms with Gasteiger partial charge < -0.3 is 0 Å². The first-order valence-electron chi connectivity index (χ1n) is 6.27. The molecule has 2 aromatic carbocycles. The summed E-state index contributed by atoms with van der Waals surface area (Å²) >= 11 is 7.31. The first-order valence-corrected chi connectivity index (χ1v) is 9.36. The Morgan fingerprint density at radius 2 is 1.86 bits per heavy atom. The number of sulfonamides is 1. The second-order valence-electron chi connectivity index (χ2n) is 4.65. The van der Waals surface area contributed by atoms with Gasteiger partial charge in [0.2, 0.25) is 0 Å². The molecule has 0 saturated carbocycles. The third-order valence-corrected chi connectivity index (χ3v) is 5.83. The third kappa shape index (κ3) is 3.54. The highest BCUT2D eigenvalue weighted by Crippen LogP contribution is 2.30. The molecule has 0 spiro atoms. The van der Waals surface area contributed by atoms with Crippen molar-refractivity contribution >= 4 is 39.1 Å². The van der Waals surface area contributed by atoms with Gasteiger partial charge in [-0.05, 0) is 55.5 Å². The summed E-state index contributed by atoms with van der Waals surface area (Å²) in [6, 6.07) is 10.4. The maximum atomic E-state index is 12.6. The van der Waals surface area contributed by atoms with Crippen LogP contribution in [0.4, 0.5) is 5.69 Å². The molecule has 6 heteroatoms. The van der Waals surface area contributed by atoms with Crippen molar-refractivity contribution in [2.45, 2.75) is 23.6 Å². The fraction of sp³-hybridized carbons (Fsp3) is 0.200. The lowest BCUT2D eigenvalue weighted by Gasteiger charge is -2.14. The van der Waals surface area contributed by atoms with E-state index >= 15 is 0 Å². The number of aryl methyl sites for hydroxylation is 1. The second kappa shape index (κ2) is 6.30. The molecule has 0 amide bonds. The van der Waals surface area contributed by atoms with E-state index in [1.807, 2.05) is 32.2 Å². The predicted molar refractivity (Wildman–Crippen MR) is 90.0 cm³/mol. The third-order valence-electron chi connectivity index (χ3n) is 3.26. The number of benzene rings is 2. The van der Waals surface area contributed by atoms with Gasteiger partial charge in [0, 0.05) is 9.92 Å². The lowest BCUT2D eigenvalue weighted by molar-refractivity contribution is 0.599. The first-order chi connectivity index (χ1) is 9.85. The molecular formula is C15H16ClNO2S2. The lowest BCUT2D eigenvalue weighted by Crippen LogP contribution is -2.15. The Bertz CT molecular complexity index is 773. The molecule has 2 aromatic rings. The highest BCUT2D eigenvalue weighted by atomic mass is 35.5. The molecule has 3 nitrogen and oxygen atoms in total. The van der Waals surface area contributed by atoms with Crippen molar-refractivity contribution in [1.29, 1.82) is 0 Å². The average Bonchev–Trinajstić information content (AvgIpc) is 2.44. The predicted octanol–water partition coefficient (Wildman–Crippen LogP) is 4.48. The van der Waals surface area contributed by atoms with E-state index in [1.165, 1.54) is 17.8 Å². The fourth-order valence-electron chi connectivity index (χ4n) is 1.92. The average molecular weight is 342 g/mol. The van der Waals surface area contributed by atoms with Crippen molar-refractivity contribution in [2.24, 2.45) is 0 Å². The lowest BCUT2D eigenvalue weighted by atomic mass is 10.1. The Hall–Kier alpha value is -1.17. The molecule has 1 N–H and O–H groups in total. The first kappa shape index (κ1) is 16.2. The summed E-state index contributed by atoms with van der Waals surface area (Å²) in [6.45, 7) is 3.83. The Morgan fingerprint density at radius 1 is 1.14 bits per heavy atom. The van der Waals surface area contributed by atoms with Gasteiger partial charge in [-0.25, -0.2) is 8.42 Å². The molecule has 0 aromatic heterocycles. The van der Waals surface area contributed by atoms with Crippen molar-refractivity contribution in [3.8, 4) is 0 Å². The van der Waals surface area contributed by atoms with E-state index < -0.39 is 10.0 Å². The summed E-state index contributed by atoms with van der Waals surface area (Å²) in [6.07, 6.45) is 1.83. The molecule has 112 valence electrons. The Kier molecular flexibility index (Phi) is 4.86. The van der Waals surface area contributed by atoms with Crippen LogP contribution >= 0.6 is 23.4 Å². The molecule has 0 atom stereocenters. The zero-order valence-electron chi connectivity index (χ0n) is 12.0. The number of hydrogen-bond acceptors (Lipinski definition) is 3. The molecule has 0 heterocycles. The normalized spacial score (nSPS) is 11.4. The molecule has 0 fully saturated rings. The highest BCUT2D eigenvalue weighted by Gasteiger charge is 2.20. The van der Waals surface area contributed by atoms with Crippen LogP contribution in [0.1, 0.15) is 11.1 Å². The maximum Gasteiger partial charge on any atom is 0.263 e. The van der Waals surface area contributed by atoms with Gasteiger partial charge in [-0.3, -0.25) is 4.72 Å². The minimum Gasteiger partial charge on any atom is -0.279 e. The SMILES string of the molecule is CSc1ccc(Cl)cc1S(=O)(=O)Nc1cccc(C)c1C. The van der Waals surface area contributed by atoms with E-state index in [9.17, 15) is 8.42 Å². The van der Waals surface area contributed by atoms with E-state index in [-0.39, 0.29) is 4.90 Å².